The number of nitrogens with one attached hydrogen (secondary N) is 1. The van der Waals surface area contributed by atoms with E-state index in [0.29, 0.717) is 13.1 Å². The van der Waals surface area contributed by atoms with Gasteiger partial charge in [0.1, 0.15) is 5.75 Å². The largest absolute Gasteiger partial charge is 0.497 e. The van der Waals surface area contributed by atoms with E-state index in [1.807, 2.05) is 31.0 Å². The zero-order valence-corrected chi connectivity index (χ0v) is 17.2. The third-order valence-corrected chi connectivity index (χ3v) is 6.25. The Morgan fingerprint density at radius 1 is 1.32 bits per heavy atom. The lowest BCUT2D eigenvalue weighted by Crippen LogP contribution is -2.66. The first-order chi connectivity index (χ1) is 13.5. The van der Waals surface area contributed by atoms with Crippen LogP contribution in [0.1, 0.15) is 30.6 Å². The molecule has 1 atom stereocenters. The van der Waals surface area contributed by atoms with Gasteiger partial charge in [-0.1, -0.05) is 6.92 Å². The summed E-state index contributed by atoms with van der Waals surface area (Å²) in [6, 6.07) is 5.70. The maximum Gasteiger partial charge on any atom is 0.318 e. The Hall–Kier alpha value is -2.25. The molecule has 2 aliphatic rings. The minimum absolute atomic E-state index is 0.0942. The summed E-state index contributed by atoms with van der Waals surface area (Å²) in [5.41, 5.74) is 3.29. The van der Waals surface area contributed by atoms with Gasteiger partial charge in [-0.2, -0.15) is 0 Å². The fourth-order valence-corrected chi connectivity index (χ4v) is 5.15. The number of likely N-dealkylation sites (N-methyl/N-ethyl adjacent to an activating group) is 1. The van der Waals surface area contributed by atoms with Crippen LogP contribution in [0.2, 0.25) is 0 Å². The van der Waals surface area contributed by atoms with Gasteiger partial charge < -0.3 is 29.5 Å². The second-order valence-electron chi connectivity index (χ2n) is 8.21. The Balaban J connectivity index is 1.89. The number of ether oxygens (including phenoxy) is 1. The van der Waals surface area contributed by atoms with Gasteiger partial charge >= 0.3 is 6.03 Å². The van der Waals surface area contributed by atoms with Crippen molar-refractivity contribution in [2.45, 2.75) is 24.8 Å². The van der Waals surface area contributed by atoms with E-state index >= 15 is 0 Å². The first-order valence-corrected chi connectivity index (χ1v) is 9.96. The van der Waals surface area contributed by atoms with E-state index in [9.17, 15) is 9.90 Å². The van der Waals surface area contributed by atoms with Crippen molar-refractivity contribution in [1.29, 1.82) is 0 Å². The smallest absolute Gasteiger partial charge is 0.318 e. The molecule has 0 saturated carbocycles. The highest BCUT2D eigenvalue weighted by Crippen LogP contribution is 2.49. The van der Waals surface area contributed by atoms with Crippen molar-refractivity contribution < 1.29 is 14.6 Å². The number of carbonyl (C=O) groups is 1. The molecule has 0 radical (unpaired) electrons. The normalized spacial score (nSPS) is 20.9. The number of amides is 2. The van der Waals surface area contributed by atoms with Crippen LogP contribution >= 0.6 is 0 Å². The summed E-state index contributed by atoms with van der Waals surface area (Å²) in [7, 11) is 5.80. The highest BCUT2D eigenvalue weighted by Gasteiger charge is 2.53. The first-order valence-electron chi connectivity index (χ1n) is 9.96. The van der Waals surface area contributed by atoms with Gasteiger partial charge in [-0.25, -0.2) is 4.79 Å². The number of urea groups is 1. The van der Waals surface area contributed by atoms with Crippen LogP contribution in [0.5, 0.6) is 5.75 Å². The van der Waals surface area contributed by atoms with Gasteiger partial charge in [0, 0.05) is 55.8 Å². The van der Waals surface area contributed by atoms with Crippen LogP contribution in [0.25, 0.3) is 10.9 Å². The highest BCUT2D eigenvalue weighted by atomic mass is 16.5. The van der Waals surface area contributed by atoms with Crippen LogP contribution in [0.4, 0.5) is 4.79 Å². The molecule has 7 nitrogen and oxygen atoms in total. The van der Waals surface area contributed by atoms with E-state index in [1.54, 1.807) is 7.11 Å². The Morgan fingerprint density at radius 2 is 2.07 bits per heavy atom. The maximum atomic E-state index is 12.9. The molecule has 1 fully saturated rings. The van der Waals surface area contributed by atoms with Gasteiger partial charge in [-0.3, -0.25) is 0 Å². The molecule has 0 aliphatic carbocycles. The molecule has 4 rings (SSSR count). The molecule has 152 valence electrons. The summed E-state index contributed by atoms with van der Waals surface area (Å²) in [5.74, 6) is 0.809. The number of fused-ring (bicyclic) bond motifs is 4. The number of aliphatic hydroxyl groups excluding tert-OH is 1. The SMILES string of the molecule is CCCNC(=O)N1CC2(CN(C)C2)c2c(n(C)c3cc(OC)ccc23)[C@H]1CO. The predicted molar refractivity (Wildman–Crippen MR) is 109 cm³/mol. The van der Waals surface area contributed by atoms with Crippen molar-refractivity contribution in [1.82, 2.24) is 19.7 Å². The third-order valence-electron chi connectivity index (χ3n) is 6.25. The fourth-order valence-electron chi connectivity index (χ4n) is 5.15. The molecule has 1 aromatic heterocycles. The van der Waals surface area contributed by atoms with E-state index in [1.165, 1.54) is 10.9 Å². The lowest BCUT2D eigenvalue weighted by molar-refractivity contribution is 0.0245. The number of benzene rings is 1. The molecule has 2 aliphatic heterocycles. The number of methoxy groups -OCH3 is 1. The van der Waals surface area contributed by atoms with Crippen molar-refractivity contribution in [2.75, 3.05) is 46.9 Å². The van der Waals surface area contributed by atoms with E-state index in [0.717, 1.165) is 36.5 Å². The lowest BCUT2D eigenvalue weighted by atomic mass is 9.69. The van der Waals surface area contributed by atoms with Crippen molar-refractivity contribution >= 4 is 16.9 Å². The monoisotopic (exact) mass is 386 g/mol. The lowest BCUT2D eigenvalue weighted by Gasteiger charge is -2.55. The van der Waals surface area contributed by atoms with Gasteiger partial charge in [-0.15, -0.1) is 0 Å². The van der Waals surface area contributed by atoms with Crippen molar-refractivity contribution in [2.24, 2.45) is 7.05 Å². The molecule has 0 unspecified atom stereocenters. The number of nitrogens with zero attached hydrogens (tertiary/aromatic N) is 3. The van der Waals surface area contributed by atoms with Crippen LogP contribution in [-0.4, -0.2) is 72.4 Å². The zero-order chi connectivity index (χ0) is 20.1. The molecule has 3 heterocycles. The van der Waals surface area contributed by atoms with Crippen LogP contribution in [0, 0.1) is 0 Å². The van der Waals surface area contributed by atoms with Gasteiger partial charge in [0.05, 0.1) is 25.3 Å². The minimum atomic E-state index is -0.355. The summed E-state index contributed by atoms with van der Waals surface area (Å²) in [6.45, 7) is 5.01. The third kappa shape index (κ3) is 2.68. The van der Waals surface area contributed by atoms with Crippen molar-refractivity contribution in [3.8, 4) is 5.75 Å². The molecule has 1 spiro atoms. The standard InChI is InChI=1S/C21H30N4O3/c1-5-8-22-20(27)25-13-21(11-23(2)12-21)18-15-7-6-14(28-4)9-16(15)24(3)19(18)17(25)10-26/h6-7,9,17,26H,5,8,10-13H2,1-4H3,(H,22,27)/t17-/m1/s1. The highest BCUT2D eigenvalue weighted by molar-refractivity contribution is 5.89. The Kier molecular flexibility index (Phi) is 4.75. The number of aromatic nitrogens is 1. The number of likely N-dealkylation sites (tertiary alicyclic amines) is 1. The fraction of sp³-hybridized carbons (Fsp3) is 0.571. The predicted octanol–water partition coefficient (Wildman–Crippen LogP) is 1.84. The number of carbonyl (C=O) groups excluding carboxylic acids is 1. The summed E-state index contributed by atoms with van der Waals surface area (Å²) in [5, 5.41) is 14.5. The summed E-state index contributed by atoms with van der Waals surface area (Å²) in [6.07, 6.45) is 0.885. The summed E-state index contributed by atoms with van der Waals surface area (Å²) in [4.78, 5) is 17.1. The average Bonchev–Trinajstić information content (AvgIpc) is 2.97. The van der Waals surface area contributed by atoms with Crippen LogP contribution < -0.4 is 10.1 Å². The van der Waals surface area contributed by atoms with Crippen LogP contribution in [-0.2, 0) is 12.5 Å². The molecule has 28 heavy (non-hydrogen) atoms. The molecular formula is C21H30N4O3. The minimum Gasteiger partial charge on any atom is -0.497 e. The molecule has 1 aromatic carbocycles. The molecule has 2 N–H and O–H groups in total. The van der Waals surface area contributed by atoms with Crippen molar-refractivity contribution in [3.05, 3.63) is 29.5 Å². The number of hydrogen-bond donors (Lipinski definition) is 2. The van der Waals surface area contributed by atoms with Gasteiger partial charge in [0.25, 0.3) is 0 Å². The number of hydrogen-bond acceptors (Lipinski definition) is 4. The van der Waals surface area contributed by atoms with E-state index in [2.05, 4.69) is 27.9 Å². The average molecular weight is 386 g/mol. The van der Waals surface area contributed by atoms with Crippen LogP contribution in [0.15, 0.2) is 18.2 Å². The second kappa shape index (κ2) is 6.97. The molecular weight excluding hydrogens is 356 g/mol. The molecule has 0 bridgehead atoms. The zero-order valence-electron chi connectivity index (χ0n) is 17.2. The van der Waals surface area contributed by atoms with E-state index < -0.39 is 0 Å². The molecule has 2 amide bonds. The second-order valence-corrected chi connectivity index (χ2v) is 8.21. The Morgan fingerprint density at radius 3 is 2.68 bits per heavy atom. The Bertz CT molecular complexity index is 901. The Labute approximate surface area is 165 Å². The van der Waals surface area contributed by atoms with Gasteiger partial charge in [0.15, 0.2) is 0 Å². The van der Waals surface area contributed by atoms with Gasteiger partial charge in [0.2, 0.25) is 0 Å². The molecule has 1 saturated heterocycles. The quantitative estimate of drug-likeness (QED) is 0.841. The summed E-state index contributed by atoms with van der Waals surface area (Å²) >= 11 is 0. The molecule has 2 aromatic rings. The number of aryl methyl sites for hydroxylation is 1. The molecule has 7 heteroatoms. The number of rotatable bonds is 4. The van der Waals surface area contributed by atoms with Crippen molar-refractivity contribution in [3.63, 3.8) is 0 Å². The van der Waals surface area contributed by atoms with E-state index in [4.69, 9.17) is 4.74 Å². The van der Waals surface area contributed by atoms with Gasteiger partial charge in [-0.05, 0) is 31.2 Å². The maximum absolute atomic E-state index is 12.9. The van der Waals surface area contributed by atoms with E-state index in [-0.39, 0.29) is 24.1 Å². The summed E-state index contributed by atoms with van der Waals surface area (Å²) < 4.78 is 7.56. The first kappa shape index (κ1) is 19.1. The topological polar surface area (TPSA) is 70.0 Å². The number of aliphatic hydroxyl groups is 1. The van der Waals surface area contributed by atoms with Crippen LogP contribution in [0.3, 0.4) is 0 Å².